The Morgan fingerprint density at radius 2 is 1.60 bits per heavy atom. The number of rotatable bonds is 13. The van der Waals surface area contributed by atoms with Gasteiger partial charge >= 0.3 is 0 Å². The number of aryl methyl sites for hydroxylation is 1. The zero-order valence-electron chi connectivity index (χ0n) is 22.9. The van der Waals surface area contributed by atoms with Crippen LogP contribution < -0.4 is 9.62 Å². The Labute approximate surface area is 247 Å². The summed E-state index contributed by atoms with van der Waals surface area (Å²) in [5.74, 6) is -0.795. The van der Waals surface area contributed by atoms with E-state index in [1.54, 1.807) is 18.2 Å². The zero-order chi connectivity index (χ0) is 29.3. The maximum atomic E-state index is 14.1. The van der Waals surface area contributed by atoms with Crippen LogP contribution in [0.3, 0.4) is 0 Å². The van der Waals surface area contributed by atoms with Crippen LogP contribution in [0.5, 0.6) is 0 Å². The van der Waals surface area contributed by atoms with E-state index in [9.17, 15) is 18.0 Å². The highest BCUT2D eigenvalue weighted by Gasteiger charge is 2.34. The summed E-state index contributed by atoms with van der Waals surface area (Å²) in [6.45, 7) is 5.89. The van der Waals surface area contributed by atoms with E-state index in [1.807, 2.05) is 45.0 Å². The Balaban J connectivity index is 2.06. The van der Waals surface area contributed by atoms with E-state index in [-0.39, 0.29) is 33.1 Å². The fourth-order valence-corrected chi connectivity index (χ4v) is 6.00. The molecule has 0 aliphatic rings. The van der Waals surface area contributed by atoms with Crippen LogP contribution in [0.15, 0.2) is 77.7 Å². The van der Waals surface area contributed by atoms with Crippen LogP contribution in [0.25, 0.3) is 0 Å². The van der Waals surface area contributed by atoms with Gasteiger partial charge in [-0.25, -0.2) is 8.42 Å². The number of anilines is 1. The fraction of sp³-hybridized carbons (Fsp3) is 0.333. The molecule has 3 rings (SSSR count). The standard InChI is InChI=1S/C30H35Cl2N3O4S/c1-4-6-18-33-30(37)28(5-2)34(20-23-13-11-10-12-22(23)3)29(36)21-35(24-16-17-26(31)27(32)19-24)40(38,39)25-14-8-7-9-15-25/h7-17,19,28H,4-6,18,20-21H2,1-3H3,(H,33,37)/t28-/m0/s1. The number of benzene rings is 3. The number of carbonyl (C=O) groups excluding carboxylic acids is 2. The number of sulfonamides is 1. The zero-order valence-corrected chi connectivity index (χ0v) is 25.3. The van der Waals surface area contributed by atoms with E-state index in [2.05, 4.69) is 5.32 Å². The molecule has 0 unspecified atom stereocenters. The summed E-state index contributed by atoms with van der Waals surface area (Å²) in [6.07, 6.45) is 2.08. The van der Waals surface area contributed by atoms with Gasteiger partial charge < -0.3 is 10.2 Å². The summed E-state index contributed by atoms with van der Waals surface area (Å²) in [5, 5.41) is 3.33. The van der Waals surface area contributed by atoms with Gasteiger partial charge in [-0.15, -0.1) is 0 Å². The SMILES string of the molecule is CCCCNC(=O)[C@H](CC)N(Cc1ccccc1C)C(=O)CN(c1ccc(Cl)c(Cl)c1)S(=O)(=O)c1ccccc1. The lowest BCUT2D eigenvalue weighted by atomic mass is 10.1. The summed E-state index contributed by atoms with van der Waals surface area (Å²) in [7, 11) is -4.18. The van der Waals surface area contributed by atoms with E-state index in [0.717, 1.165) is 28.3 Å². The summed E-state index contributed by atoms with van der Waals surface area (Å²) < 4.78 is 28.7. The monoisotopic (exact) mass is 603 g/mol. The molecule has 0 radical (unpaired) electrons. The normalized spacial score (nSPS) is 12.0. The van der Waals surface area contributed by atoms with Crippen LogP contribution in [0, 0.1) is 6.92 Å². The molecule has 3 aromatic carbocycles. The molecule has 1 atom stereocenters. The highest BCUT2D eigenvalue weighted by atomic mass is 35.5. The third-order valence-corrected chi connectivity index (χ3v) is 9.15. The molecular weight excluding hydrogens is 569 g/mol. The van der Waals surface area contributed by atoms with Crippen molar-refractivity contribution in [2.45, 2.75) is 57.5 Å². The summed E-state index contributed by atoms with van der Waals surface area (Å²) >= 11 is 12.4. The molecule has 0 aliphatic carbocycles. The molecule has 3 aromatic rings. The number of hydrogen-bond donors (Lipinski definition) is 1. The Morgan fingerprint density at radius 1 is 0.925 bits per heavy atom. The highest BCUT2D eigenvalue weighted by Crippen LogP contribution is 2.31. The number of nitrogens with one attached hydrogen (secondary N) is 1. The van der Waals surface area contributed by atoms with Crippen LogP contribution in [0.4, 0.5) is 5.69 Å². The molecule has 0 saturated carbocycles. The largest absolute Gasteiger partial charge is 0.354 e. The van der Waals surface area contributed by atoms with Gasteiger partial charge in [-0.2, -0.15) is 0 Å². The van der Waals surface area contributed by atoms with E-state index >= 15 is 0 Å². The highest BCUT2D eigenvalue weighted by molar-refractivity contribution is 7.92. The molecule has 0 heterocycles. The van der Waals surface area contributed by atoms with Gasteiger partial charge in [-0.05, 0) is 61.2 Å². The topological polar surface area (TPSA) is 86.8 Å². The van der Waals surface area contributed by atoms with Crippen molar-refractivity contribution in [1.82, 2.24) is 10.2 Å². The molecule has 10 heteroatoms. The molecular formula is C30H35Cl2N3O4S. The van der Waals surface area contributed by atoms with Crippen molar-refractivity contribution in [2.24, 2.45) is 0 Å². The van der Waals surface area contributed by atoms with Crippen molar-refractivity contribution < 1.29 is 18.0 Å². The average Bonchev–Trinajstić information content (AvgIpc) is 2.94. The van der Waals surface area contributed by atoms with Crippen molar-refractivity contribution in [3.05, 3.63) is 94.0 Å². The van der Waals surface area contributed by atoms with Crippen LogP contribution in [0.2, 0.25) is 10.0 Å². The van der Waals surface area contributed by atoms with Gasteiger partial charge in [0.15, 0.2) is 0 Å². The average molecular weight is 605 g/mol. The first-order chi connectivity index (χ1) is 19.1. The van der Waals surface area contributed by atoms with E-state index in [1.165, 1.54) is 35.2 Å². The molecule has 1 N–H and O–H groups in total. The number of nitrogens with zero attached hydrogens (tertiary/aromatic N) is 2. The second-order valence-electron chi connectivity index (χ2n) is 9.44. The number of hydrogen-bond acceptors (Lipinski definition) is 4. The maximum Gasteiger partial charge on any atom is 0.264 e. The molecule has 7 nitrogen and oxygen atoms in total. The third-order valence-electron chi connectivity index (χ3n) is 6.62. The quantitative estimate of drug-likeness (QED) is 0.235. The van der Waals surface area contributed by atoms with Crippen LogP contribution in [0.1, 0.15) is 44.2 Å². The van der Waals surface area contributed by atoms with Crippen molar-refractivity contribution in [3.63, 3.8) is 0 Å². The Hall–Kier alpha value is -3.07. The number of unbranched alkanes of at least 4 members (excludes halogenated alkanes) is 1. The second kappa shape index (κ2) is 14.5. The van der Waals surface area contributed by atoms with E-state index in [4.69, 9.17) is 23.2 Å². The van der Waals surface area contributed by atoms with Gasteiger partial charge in [0, 0.05) is 13.1 Å². The van der Waals surface area contributed by atoms with Crippen molar-refractivity contribution >= 4 is 50.7 Å². The van der Waals surface area contributed by atoms with Crippen LogP contribution in [-0.2, 0) is 26.2 Å². The molecule has 0 aromatic heterocycles. The van der Waals surface area contributed by atoms with Gasteiger partial charge in [0.2, 0.25) is 11.8 Å². The minimum absolute atomic E-state index is 0.0173. The lowest BCUT2D eigenvalue weighted by molar-refractivity contribution is -0.140. The fourth-order valence-electron chi connectivity index (χ4n) is 4.29. The summed E-state index contributed by atoms with van der Waals surface area (Å²) in [5.41, 5.74) is 2.00. The molecule has 0 bridgehead atoms. The molecule has 0 fully saturated rings. The Kier molecular flexibility index (Phi) is 11.4. The Morgan fingerprint density at radius 3 is 2.23 bits per heavy atom. The minimum atomic E-state index is -4.18. The first-order valence-electron chi connectivity index (χ1n) is 13.2. The van der Waals surface area contributed by atoms with Crippen LogP contribution in [-0.4, -0.2) is 44.3 Å². The van der Waals surface area contributed by atoms with Gasteiger partial charge in [0.25, 0.3) is 10.0 Å². The smallest absolute Gasteiger partial charge is 0.264 e. The van der Waals surface area contributed by atoms with Crippen LogP contribution >= 0.6 is 23.2 Å². The van der Waals surface area contributed by atoms with Crippen molar-refractivity contribution in [1.29, 1.82) is 0 Å². The predicted molar refractivity (Wildman–Crippen MR) is 161 cm³/mol. The molecule has 40 heavy (non-hydrogen) atoms. The second-order valence-corrected chi connectivity index (χ2v) is 12.1. The maximum absolute atomic E-state index is 14.1. The van der Waals surface area contributed by atoms with Gasteiger partial charge in [0.1, 0.15) is 12.6 Å². The molecule has 2 amide bonds. The number of amides is 2. The summed E-state index contributed by atoms with van der Waals surface area (Å²) in [4.78, 5) is 28.8. The lowest BCUT2D eigenvalue weighted by Gasteiger charge is -2.33. The Bertz CT molecular complexity index is 1420. The van der Waals surface area contributed by atoms with E-state index < -0.39 is 28.5 Å². The molecule has 0 aliphatic heterocycles. The number of carbonyl (C=O) groups is 2. The van der Waals surface area contributed by atoms with Crippen molar-refractivity contribution in [2.75, 3.05) is 17.4 Å². The first-order valence-corrected chi connectivity index (χ1v) is 15.4. The predicted octanol–water partition coefficient (Wildman–Crippen LogP) is 6.22. The third kappa shape index (κ3) is 7.77. The lowest BCUT2D eigenvalue weighted by Crippen LogP contribution is -2.52. The molecule has 0 saturated heterocycles. The minimum Gasteiger partial charge on any atom is -0.354 e. The summed E-state index contributed by atoms with van der Waals surface area (Å²) in [6, 6.07) is 19.1. The van der Waals surface area contributed by atoms with Gasteiger partial charge in [-0.1, -0.05) is 85.9 Å². The van der Waals surface area contributed by atoms with Crippen molar-refractivity contribution in [3.8, 4) is 0 Å². The van der Waals surface area contributed by atoms with Gasteiger partial charge in [-0.3, -0.25) is 13.9 Å². The molecule has 0 spiro atoms. The first kappa shape index (κ1) is 31.5. The van der Waals surface area contributed by atoms with Gasteiger partial charge in [0.05, 0.1) is 20.6 Å². The number of halogens is 2. The molecule has 214 valence electrons. The van der Waals surface area contributed by atoms with E-state index in [0.29, 0.717) is 13.0 Å².